The molecule has 1 N–H and O–H groups in total. The topological polar surface area (TPSA) is 50.2 Å². The molecule has 2 aromatic rings. The first-order valence-corrected chi connectivity index (χ1v) is 9.24. The van der Waals surface area contributed by atoms with Crippen LogP contribution in [0.3, 0.4) is 0 Å². The largest absolute Gasteiger partial charge is 0.382 e. The van der Waals surface area contributed by atoms with E-state index in [4.69, 9.17) is 0 Å². The summed E-state index contributed by atoms with van der Waals surface area (Å²) in [6, 6.07) is 10.7. The van der Waals surface area contributed by atoms with Gasteiger partial charge in [0.1, 0.15) is 5.82 Å². The zero-order valence-corrected chi connectivity index (χ0v) is 15.2. The number of benzene rings is 1. The minimum absolute atomic E-state index is 0.251. The predicted octanol–water partition coefficient (Wildman–Crippen LogP) is 3.50. The molecule has 1 amide bonds. The van der Waals surface area contributed by atoms with E-state index in [-0.39, 0.29) is 5.91 Å². The second-order valence-electron chi connectivity index (χ2n) is 7.05. The Morgan fingerprint density at radius 1 is 1.24 bits per heavy atom. The van der Waals surface area contributed by atoms with Gasteiger partial charge in [-0.05, 0) is 25.0 Å². The molecule has 0 saturated carbocycles. The third kappa shape index (κ3) is 4.62. The molecule has 3 rings (SSSR count). The van der Waals surface area contributed by atoms with E-state index in [1.165, 1.54) is 0 Å². The maximum atomic E-state index is 12.5. The zero-order chi connectivity index (χ0) is 17.6. The van der Waals surface area contributed by atoms with Gasteiger partial charge >= 0.3 is 0 Å². The molecular weight excluding hydrogens is 312 g/mol. The van der Waals surface area contributed by atoms with E-state index >= 15 is 0 Å². The lowest BCUT2D eigenvalue weighted by atomic mass is 10.0. The SMILES string of the molecule is CC(C)c1nccn1CCC(=O)N1CCC(Nc2ccccc2)CC1. The monoisotopic (exact) mass is 340 g/mol. The third-order valence-corrected chi connectivity index (χ3v) is 4.82. The van der Waals surface area contributed by atoms with E-state index in [9.17, 15) is 4.79 Å². The van der Waals surface area contributed by atoms with Crippen LogP contribution in [0.5, 0.6) is 0 Å². The van der Waals surface area contributed by atoms with Crippen molar-refractivity contribution in [3.63, 3.8) is 0 Å². The Balaban J connectivity index is 1.44. The van der Waals surface area contributed by atoms with Gasteiger partial charge in [0.25, 0.3) is 0 Å². The molecule has 5 heteroatoms. The molecule has 0 aliphatic carbocycles. The highest BCUT2D eigenvalue weighted by Crippen LogP contribution is 2.18. The van der Waals surface area contributed by atoms with Crippen LogP contribution in [0.2, 0.25) is 0 Å². The molecule has 0 unspecified atom stereocenters. The number of piperidine rings is 1. The van der Waals surface area contributed by atoms with Crippen LogP contribution in [0, 0.1) is 0 Å². The highest BCUT2D eigenvalue weighted by molar-refractivity contribution is 5.76. The minimum Gasteiger partial charge on any atom is -0.382 e. The van der Waals surface area contributed by atoms with Crippen molar-refractivity contribution in [2.75, 3.05) is 18.4 Å². The number of carbonyl (C=O) groups excluding carboxylic acids is 1. The summed E-state index contributed by atoms with van der Waals surface area (Å²) in [5, 5.41) is 3.56. The van der Waals surface area contributed by atoms with E-state index in [0.717, 1.165) is 37.4 Å². The highest BCUT2D eigenvalue weighted by Gasteiger charge is 2.22. The molecule has 0 spiro atoms. The number of imidazole rings is 1. The van der Waals surface area contributed by atoms with E-state index in [1.54, 1.807) is 0 Å². The van der Waals surface area contributed by atoms with Gasteiger partial charge in [0.15, 0.2) is 0 Å². The lowest BCUT2D eigenvalue weighted by Gasteiger charge is -2.33. The lowest BCUT2D eigenvalue weighted by molar-refractivity contribution is -0.132. The number of likely N-dealkylation sites (tertiary alicyclic amines) is 1. The number of carbonyl (C=O) groups is 1. The van der Waals surface area contributed by atoms with Gasteiger partial charge in [0, 0.05) is 56.1 Å². The summed E-state index contributed by atoms with van der Waals surface area (Å²) >= 11 is 0. The Hall–Kier alpha value is -2.30. The summed E-state index contributed by atoms with van der Waals surface area (Å²) < 4.78 is 2.10. The summed E-state index contributed by atoms with van der Waals surface area (Å²) in [6.45, 7) is 6.65. The Labute approximate surface area is 150 Å². The number of aromatic nitrogens is 2. The molecule has 1 aliphatic rings. The molecule has 1 aromatic heterocycles. The van der Waals surface area contributed by atoms with Crippen molar-refractivity contribution >= 4 is 11.6 Å². The maximum Gasteiger partial charge on any atom is 0.224 e. The van der Waals surface area contributed by atoms with Gasteiger partial charge in [0.2, 0.25) is 5.91 Å². The van der Waals surface area contributed by atoms with Crippen molar-refractivity contribution in [3.05, 3.63) is 48.5 Å². The third-order valence-electron chi connectivity index (χ3n) is 4.82. The van der Waals surface area contributed by atoms with Crippen LogP contribution in [-0.4, -0.2) is 39.5 Å². The molecule has 2 heterocycles. The van der Waals surface area contributed by atoms with Gasteiger partial charge in [-0.25, -0.2) is 4.98 Å². The first-order chi connectivity index (χ1) is 12.1. The summed E-state index contributed by atoms with van der Waals surface area (Å²) in [4.78, 5) is 18.9. The van der Waals surface area contributed by atoms with Crippen molar-refractivity contribution in [2.45, 2.75) is 51.6 Å². The molecule has 1 aliphatic heterocycles. The number of nitrogens with zero attached hydrogens (tertiary/aromatic N) is 3. The lowest BCUT2D eigenvalue weighted by Crippen LogP contribution is -2.42. The molecule has 1 saturated heterocycles. The standard InChI is InChI=1S/C20H28N4O/c1-16(2)20-21-11-15-24(20)14-10-19(25)23-12-8-18(9-13-23)22-17-6-4-3-5-7-17/h3-7,11,15-16,18,22H,8-10,12-14H2,1-2H3. The Morgan fingerprint density at radius 2 is 1.96 bits per heavy atom. The van der Waals surface area contributed by atoms with Crippen LogP contribution in [0.25, 0.3) is 0 Å². The summed E-state index contributed by atoms with van der Waals surface area (Å²) in [5.74, 6) is 1.69. The second-order valence-corrected chi connectivity index (χ2v) is 7.05. The van der Waals surface area contributed by atoms with E-state index in [1.807, 2.05) is 35.5 Å². The van der Waals surface area contributed by atoms with Crippen LogP contribution in [0.1, 0.15) is 44.9 Å². The molecule has 134 valence electrons. The highest BCUT2D eigenvalue weighted by atomic mass is 16.2. The molecule has 25 heavy (non-hydrogen) atoms. The van der Waals surface area contributed by atoms with E-state index in [0.29, 0.717) is 24.9 Å². The second kappa shape index (κ2) is 8.19. The number of nitrogens with one attached hydrogen (secondary N) is 1. The average molecular weight is 340 g/mol. The molecule has 0 radical (unpaired) electrons. The van der Waals surface area contributed by atoms with Crippen LogP contribution in [0.15, 0.2) is 42.7 Å². The van der Waals surface area contributed by atoms with E-state index in [2.05, 4.69) is 40.8 Å². The predicted molar refractivity (Wildman–Crippen MR) is 101 cm³/mol. The first kappa shape index (κ1) is 17.5. The fourth-order valence-electron chi connectivity index (χ4n) is 3.43. The Morgan fingerprint density at radius 3 is 2.64 bits per heavy atom. The molecule has 5 nitrogen and oxygen atoms in total. The van der Waals surface area contributed by atoms with Crippen LogP contribution < -0.4 is 5.32 Å². The van der Waals surface area contributed by atoms with Crippen molar-refractivity contribution < 1.29 is 4.79 Å². The number of aryl methyl sites for hydroxylation is 1. The van der Waals surface area contributed by atoms with Gasteiger partial charge in [-0.1, -0.05) is 32.0 Å². The quantitative estimate of drug-likeness (QED) is 0.875. The number of amides is 1. The normalized spacial score (nSPS) is 15.6. The molecule has 1 fully saturated rings. The number of para-hydroxylation sites is 1. The summed E-state index contributed by atoms with van der Waals surface area (Å²) in [7, 11) is 0. The van der Waals surface area contributed by atoms with Gasteiger partial charge in [0.05, 0.1) is 0 Å². The van der Waals surface area contributed by atoms with Gasteiger partial charge in [-0.3, -0.25) is 4.79 Å². The smallest absolute Gasteiger partial charge is 0.224 e. The first-order valence-electron chi connectivity index (χ1n) is 9.24. The van der Waals surface area contributed by atoms with Crippen LogP contribution >= 0.6 is 0 Å². The molecular formula is C20H28N4O. The van der Waals surface area contributed by atoms with Crippen molar-refractivity contribution in [2.24, 2.45) is 0 Å². The van der Waals surface area contributed by atoms with E-state index < -0.39 is 0 Å². The van der Waals surface area contributed by atoms with Gasteiger partial charge in [-0.2, -0.15) is 0 Å². The number of rotatable bonds is 6. The number of hydrogen-bond acceptors (Lipinski definition) is 3. The minimum atomic E-state index is 0.251. The van der Waals surface area contributed by atoms with Crippen LogP contribution in [0.4, 0.5) is 5.69 Å². The van der Waals surface area contributed by atoms with Gasteiger partial charge < -0.3 is 14.8 Å². The molecule has 1 aromatic carbocycles. The zero-order valence-electron chi connectivity index (χ0n) is 15.2. The Bertz CT molecular complexity index is 672. The fraction of sp³-hybridized carbons (Fsp3) is 0.500. The summed E-state index contributed by atoms with van der Waals surface area (Å²) in [6.07, 6.45) is 6.35. The Kier molecular flexibility index (Phi) is 5.74. The van der Waals surface area contributed by atoms with Crippen molar-refractivity contribution in [1.82, 2.24) is 14.5 Å². The summed E-state index contributed by atoms with van der Waals surface area (Å²) in [5.41, 5.74) is 1.16. The molecule has 0 bridgehead atoms. The van der Waals surface area contributed by atoms with Crippen molar-refractivity contribution in [3.8, 4) is 0 Å². The number of anilines is 1. The van der Waals surface area contributed by atoms with Crippen LogP contribution in [-0.2, 0) is 11.3 Å². The maximum absolute atomic E-state index is 12.5. The van der Waals surface area contributed by atoms with Crippen molar-refractivity contribution in [1.29, 1.82) is 0 Å². The molecule has 0 atom stereocenters. The average Bonchev–Trinajstić information content (AvgIpc) is 3.10. The number of hydrogen-bond donors (Lipinski definition) is 1. The van der Waals surface area contributed by atoms with Gasteiger partial charge in [-0.15, -0.1) is 0 Å². The fourth-order valence-corrected chi connectivity index (χ4v) is 3.43.